The monoisotopic (exact) mass is 375 g/mol. The molecule has 18 heavy (non-hydrogen) atoms. The molecule has 0 aromatic heterocycles. The van der Waals surface area contributed by atoms with E-state index in [-0.39, 0.29) is 0 Å². The molecule has 0 aliphatic carbocycles. The third-order valence-electron chi connectivity index (χ3n) is 4.17. The fourth-order valence-corrected chi connectivity index (χ4v) is 5.37. The van der Waals surface area contributed by atoms with Gasteiger partial charge in [0.25, 0.3) is 0 Å². The largest absolute Gasteiger partial charge is 0.293 e. The molecule has 0 saturated carbocycles. The van der Waals surface area contributed by atoms with Crippen molar-refractivity contribution in [2.45, 2.75) is 44.1 Å². The van der Waals surface area contributed by atoms with Crippen molar-refractivity contribution in [1.82, 2.24) is 4.90 Å². The molecule has 0 N–H and O–H groups in total. The van der Waals surface area contributed by atoms with E-state index in [1.807, 2.05) is 0 Å². The molecule has 0 radical (unpaired) electrons. The van der Waals surface area contributed by atoms with E-state index in [4.69, 9.17) is 12.6 Å². The lowest BCUT2D eigenvalue weighted by molar-refractivity contribution is 0.0647. The quantitative estimate of drug-likeness (QED) is 0.475. The average Bonchev–Trinajstić information content (AvgIpc) is 2.36. The molecule has 100 valence electrons. The van der Waals surface area contributed by atoms with Gasteiger partial charge in [0.05, 0.1) is 0 Å². The molecule has 4 atom stereocenters. The molecule has 1 aromatic rings. The van der Waals surface area contributed by atoms with Crippen molar-refractivity contribution in [2.75, 3.05) is 4.43 Å². The molecule has 4 unspecified atom stereocenters. The summed E-state index contributed by atoms with van der Waals surface area (Å²) in [6.45, 7) is 5.77. The number of nitrogens with zero attached hydrogens (tertiary/aromatic N) is 1. The Hall–Kier alpha value is 0.260. The van der Waals surface area contributed by atoms with Gasteiger partial charge in [-0.3, -0.25) is 4.90 Å². The van der Waals surface area contributed by atoms with Crippen molar-refractivity contribution < 1.29 is 0 Å². The lowest BCUT2D eigenvalue weighted by atomic mass is 9.87. The van der Waals surface area contributed by atoms with Crippen LogP contribution in [-0.2, 0) is 6.54 Å². The lowest BCUT2D eigenvalue weighted by Gasteiger charge is -2.46. The molecular weight excluding hydrogens is 353 g/mol. The van der Waals surface area contributed by atoms with Crippen molar-refractivity contribution in [1.29, 1.82) is 0 Å². The Morgan fingerprint density at radius 3 is 2.56 bits per heavy atom. The molecule has 1 aliphatic rings. The smallest absolute Gasteiger partial charge is 0.0239 e. The summed E-state index contributed by atoms with van der Waals surface area (Å²) in [5, 5.41) is 0.555. The third-order valence-corrected chi connectivity index (χ3v) is 5.78. The van der Waals surface area contributed by atoms with Crippen LogP contribution in [0.2, 0.25) is 0 Å². The number of piperidine rings is 1. The molecule has 0 spiro atoms. The first kappa shape index (κ1) is 14.7. The van der Waals surface area contributed by atoms with Crippen LogP contribution in [-0.4, -0.2) is 26.7 Å². The highest BCUT2D eigenvalue weighted by Gasteiger charge is 2.36. The SMILES string of the molecule is CC1CC(S)C(CI)C(C)N1Cc1ccccc1. The number of hydrogen-bond acceptors (Lipinski definition) is 2. The van der Waals surface area contributed by atoms with Crippen LogP contribution >= 0.6 is 35.2 Å². The van der Waals surface area contributed by atoms with Gasteiger partial charge in [0.2, 0.25) is 0 Å². The Balaban J connectivity index is 2.11. The van der Waals surface area contributed by atoms with Crippen LogP contribution in [0.3, 0.4) is 0 Å². The number of rotatable bonds is 3. The predicted molar refractivity (Wildman–Crippen MR) is 90.7 cm³/mol. The Morgan fingerprint density at radius 1 is 1.28 bits per heavy atom. The molecule has 1 fully saturated rings. The van der Waals surface area contributed by atoms with E-state index in [2.05, 4.69) is 71.7 Å². The van der Waals surface area contributed by atoms with E-state index >= 15 is 0 Å². The fraction of sp³-hybridized carbons (Fsp3) is 0.600. The summed E-state index contributed by atoms with van der Waals surface area (Å²) in [5.41, 5.74) is 1.42. The lowest BCUT2D eigenvalue weighted by Crippen LogP contribution is -2.52. The van der Waals surface area contributed by atoms with E-state index in [1.165, 1.54) is 16.4 Å². The van der Waals surface area contributed by atoms with Gasteiger partial charge in [-0.25, -0.2) is 0 Å². The van der Waals surface area contributed by atoms with Crippen LogP contribution in [0.25, 0.3) is 0 Å². The topological polar surface area (TPSA) is 3.24 Å². The zero-order valence-corrected chi connectivity index (χ0v) is 14.1. The van der Waals surface area contributed by atoms with Gasteiger partial charge in [0.15, 0.2) is 0 Å². The van der Waals surface area contributed by atoms with Gasteiger partial charge in [-0.15, -0.1) is 0 Å². The zero-order valence-electron chi connectivity index (χ0n) is 11.1. The first-order valence-corrected chi connectivity index (χ1v) is 8.71. The maximum absolute atomic E-state index is 4.79. The minimum absolute atomic E-state index is 0.555. The Bertz CT molecular complexity index is 370. The standard InChI is InChI=1S/C15H22INS/c1-11-8-15(18)14(9-16)12(2)17(11)10-13-6-4-3-5-7-13/h3-7,11-12,14-15,18H,8-10H2,1-2H3. The van der Waals surface area contributed by atoms with E-state index in [0.717, 1.165) is 6.54 Å². The maximum atomic E-state index is 4.79. The van der Waals surface area contributed by atoms with Crippen LogP contribution in [0.1, 0.15) is 25.8 Å². The van der Waals surface area contributed by atoms with Crippen molar-refractivity contribution in [3.05, 3.63) is 35.9 Å². The van der Waals surface area contributed by atoms with E-state index in [9.17, 15) is 0 Å². The summed E-state index contributed by atoms with van der Waals surface area (Å²) >= 11 is 7.30. The van der Waals surface area contributed by atoms with Gasteiger partial charge >= 0.3 is 0 Å². The highest BCUT2D eigenvalue weighted by atomic mass is 127. The van der Waals surface area contributed by atoms with E-state index in [1.54, 1.807) is 0 Å². The minimum Gasteiger partial charge on any atom is -0.293 e. The van der Waals surface area contributed by atoms with Crippen LogP contribution in [0.4, 0.5) is 0 Å². The van der Waals surface area contributed by atoms with Crippen LogP contribution in [0.5, 0.6) is 0 Å². The number of hydrogen-bond donors (Lipinski definition) is 1. The second-order valence-corrected chi connectivity index (χ2v) is 6.91. The summed E-state index contributed by atoms with van der Waals surface area (Å²) in [6.07, 6.45) is 1.20. The van der Waals surface area contributed by atoms with Crippen LogP contribution in [0.15, 0.2) is 30.3 Å². The fourth-order valence-electron chi connectivity index (χ4n) is 2.95. The Morgan fingerprint density at radius 2 is 1.94 bits per heavy atom. The first-order valence-electron chi connectivity index (χ1n) is 6.67. The summed E-state index contributed by atoms with van der Waals surface area (Å²) in [5.74, 6) is 0.703. The normalized spacial score (nSPS) is 33.6. The van der Waals surface area contributed by atoms with E-state index in [0.29, 0.717) is 23.3 Å². The highest BCUT2D eigenvalue weighted by Crippen LogP contribution is 2.33. The van der Waals surface area contributed by atoms with Crippen molar-refractivity contribution in [3.63, 3.8) is 0 Å². The minimum atomic E-state index is 0.555. The molecule has 2 rings (SSSR count). The summed E-state index contributed by atoms with van der Waals surface area (Å²) in [4.78, 5) is 2.64. The second-order valence-electron chi connectivity index (χ2n) is 5.37. The van der Waals surface area contributed by atoms with Gasteiger partial charge in [-0.1, -0.05) is 52.9 Å². The molecular formula is C15H22INS. The zero-order chi connectivity index (χ0) is 13.1. The maximum Gasteiger partial charge on any atom is 0.0239 e. The predicted octanol–water partition coefficient (Wildman–Crippen LogP) is 4.02. The number of alkyl halides is 1. The molecule has 0 bridgehead atoms. The average molecular weight is 375 g/mol. The second kappa shape index (κ2) is 6.62. The molecule has 0 amide bonds. The molecule has 1 heterocycles. The van der Waals surface area contributed by atoms with Gasteiger partial charge in [-0.2, -0.15) is 12.6 Å². The van der Waals surface area contributed by atoms with Crippen molar-refractivity contribution in [2.24, 2.45) is 5.92 Å². The molecule has 1 saturated heterocycles. The van der Waals surface area contributed by atoms with Gasteiger partial charge in [0.1, 0.15) is 0 Å². The number of benzene rings is 1. The molecule has 3 heteroatoms. The van der Waals surface area contributed by atoms with Gasteiger partial charge in [-0.05, 0) is 31.7 Å². The van der Waals surface area contributed by atoms with Gasteiger partial charge < -0.3 is 0 Å². The van der Waals surface area contributed by atoms with E-state index < -0.39 is 0 Å². The van der Waals surface area contributed by atoms with Crippen LogP contribution < -0.4 is 0 Å². The van der Waals surface area contributed by atoms with Gasteiger partial charge in [0, 0.05) is 28.3 Å². The molecule has 1 nitrogen and oxygen atoms in total. The van der Waals surface area contributed by atoms with Crippen molar-refractivity contribution in [3.8, 4) is 0 Å². The van der Waals surface area contributed by atoms with Crippen LogP contribution in [0, 0.1) is 5.92 Å². The van der Waals surface area contributed by atoms with Crippen molar-refractivity contribution >= 4 is 35.2 Å². The number of thiol groups is 1. The number of halogens is 1. The Labute approximate surface area is 130 Å². The third kappa shape index (κ3) is 3.23. The number of likely N-dealkylation sites (tertiary alicyclic amines) is 1. The summed E-state index contributed by atoms with van der Waals surface area (Å²) < 4.78 is 1.20. The Kier molecular flexibility index (Phi) is 5.39. The highest BCUT2D eigenvalue weighted by molar-refractivity contribution is 14.1. The molecule has 1 aromatic carbocycles. The first-order chi connectivity index (χ1) is 8.63. The summed E-state index contributed by atoms with van der Waals surface area (Å²) in [6, 6.07) is 12.0. The summed E-state index contributed by atoms with van der Waals surface area (Å²) in [7, 11) is 0. The molecule has 1 aliphatic heterocycles.